The molecule has 140 valence electrons. The molecule has 0 aliphatic carbocycles. The Morgan fingerprint density at radius 1 is 1.15 bits per heavy atom. The van der Waals surface area contributed by atoms with Crippen molar-refractivity contribution in [1.29, 1.82) is 5.26 Å². The highest BCUT2D eigenvalue weighted by molar-refractivity contribution is 5.94. The van der Waals surface area contributed by atoms with Crippen LogP contribution in [0.3, 0.4) is 0 Å². The SMILES string of the molecule is CC(=O)N(CCC(=O)Nc1ccc(C(F)(F)F)cc1)c1cccc(C#N)c1. The third-order valence-electron chi connectivity index (χ3n) is 3.73. The second kappa shape index (κ2) is 8.36. The van der Waals surface area contributed by atoms with Crippen molar-refractivity contribution in [2.45, 2.75) is 19.5 Å². The van der Waals surface area contributed by atoms with Gasteiger partial charge in [-0.25, -0.2) is 0 Å². The Labute approximate surface area is 154 Å². The van der Waals surface area contributed by atoms with Gasteiger partial charge < -0.3 is 10.2 Å². The molecule has 2 aromatic carbocycles. The molecule has 0 aliphatic heterocycles. The standard InChI is InChI=1S/C19H16F3N3O2/c1-13(26)25(17-4-2-3-14(11-17)12-23)10-9-18(27)24-16-7-5-15(6-8-16)19(20,21)22/h2-8,11H,9-10H2,1H3,(H,24,27). The number of hydrogen-bond donors (Lipinski definition) is 1. The molecule has 2 rings (SSSR count). The van der Waals surface area contributed by atoms with Gasteiger partial charge in [-0.3, -0.25) is 9.59 Å². The van der Waals surface area contributed by atoms with Crippen LogP contribution in [-0.4, -0.2) is 18.4 Å². The fourth-order valence-corrected chi connectivity index (χ4v) is 2.39. The molecule has 0 aliphatic rings. The normalized spacial score (nSPS) is 10.8. The molecule has 8 heteroatoms. The molecule has 0 bridgehead atoms. The highest BCUT2D eigenvalue weighted by Gasteiger charge is 2.30. The van der Waals surface area contributed by atoms with Crippen LogP contribution in [0, 0.1) is 11.3 Å². The van der Waals surface area contributed by atoms with Crippen molar-refractivity contribution in [3.05, 3.63) is 59.7 Å². The lowest BCUT2D eigenvalue weighted by atomic mass is 10.2. The summed E-state index contributed by atoms with van der Waals surface area (Å²) in [4.78, 5) is 25.3. The molecule has 0 atom stereocenters. The van der Waals surface area contributed by atoms with Gasteiger partial charge in [0.25, 0.3) is 0 Å². The molecule has 27 heavy (non-hydrogen) atoms. The Balaban J connectivity index is 2.00. The number of alkyl halides is 3. The van der Waals surface area contributed by atoms with Crippen LogP contribution in [-0.2, 0) is 15.8 Å². The first-order chi connectivity index (χ1) is 12.7. The summed E-state index contributed by atoms with van der Waals surface area (Å²) in [5.41, 5.74) is 0.298. The van der Waals surface area contributed by atoms with Crippen molar-refractivity contribution in [3.63, 3.8) is 0 Å². The summed E-state index contributed by atoms with van der Waals surface area (Å²) < 4.78 is 37.6. The first kappa shape index (κ1) is 20.0. The predicted molar refractivity (Wildman–Crippen MR) is 93.9 cm³/mol. The lowest BCUT2D eigenvalue weighted by Gasteiger charge is -2.21. The molecule has 0 fully saturated rings. The fraction of sp³-hybridized carbons (Fsp3) is 0.211. The van der Waals surface area contributed by atoms with Gasteiger partial charge in [-0.15, -0.1) is 0 Å². The van der Waals surface area contributed by atoms with Crippen LogP contribution in [0.1, 0.15) is 24.5 Å². The van der Waals surface area contributed by atoms with Gasteiger partial charge in [-0.05, 0) is 42.5 Å². The zero-order valence-corrected chi connectivity index (χ0v) is 14.4. The van der Waals surface area contributed by atoms with E-state index in [2.05, 4.69) is 5.32 Å². The zero-order chi connectivity index (χ0) is 20.0. The number of carbonyl (C=O) groups excluding carboxylic acids is 2. The van der Waals surface area contributed by atoms with Crippen LogP contribution in [0.4, 0.5) is 24.5 Å². The average molecular weight is 375 g/mol. The van der Waals surface area contributed by atoms with E-state index in [0.29, 0.717) is 11.3 Å². The van der Waals surface area contributed by atoms with Gasteiger partial charge in [0.05, 0.1) is 17.2 Å². The van der Waals surface area contributed by atoms with Crippen LogP contribution in [0.15, 0.2) is 48.5 Å². The van der Waals surface area contributed by atoms with Crippen molar-refractivity contribution < 1.29 is 22.8 Å². The van der Waals surface area contributed by atoms with Crippen LogP contribution in [0.5, 0.6) is 0 Å². The van der Waals surface area contributed by atoms with Crippen molar-refractivity contribution in [1.82, 2.24) is 0 Å². The maximum absolute atomic E-state index is 12.5. The van der Waals surface area contributed by atoms with Crippen molar-refractivity contribution in [2.24, 2.45) is 0 Å². The zero-order valence-electron chi connectivity index (χ0n) is 14.4. The third-order valence-corrected chi connectivity index (χ3v) is 3.73. The minimum absolute atomic E-state index is 0.0582. The second-order valence-electron chi connectivity index (χ2n) is 5.71. The number of nitrogens with one attached hydrogen (secondary N) is 1. The summed E-state index contributed by atoms with van der Waals surface area (Å²) in [6.45, 7) is 1.41. The van der Waals surface area contributed by atoms with E-state index >= 15 is 0 Å². The summed E-state index contributed by atoms with van der Waals surface area (Å²) in [7, 11) is 0. The minimum atomic E-state index is -4.44. The van der Waals surface area contributed by atoms with Crippen LogP contribution in [0.2, 0.25) is 0 Å². The smallest absolute Gasteiger partial charge is 0.326 e. The topological polar surface area (TPSA) is 73.2 Å². The van der Waals surface area contributed by atoms with E-state index in [-0.39, 0.29) is 24.6 Å². The molecule has 0 aromatic heterocycles. The largest absolute Gasteiger partial charge is 0.416 e. The van der Waals surface area contributed by atoms with Gasteiger partial charge in [0.2, 0.25) is 11.8 Å². The number of benzene rings is 2. The summed E-state index contributed by atoms with van der Waals surface area (Å²) in [6.07, 6.45) is -4.50. The van der Waals surface area contributed by atoms with E-state index in [4.69, 9.17) is 5.26 Å². The maximum atomic E-state index is 12.5. The number of nitrogens with zero attached hydrogens (tertiary/aromatic N) is 2. The molecule has 2 amide bonds. The molecule has 0 saturated carbocycles. The molecular formula is C19H16F3N3O2. The third kappa shape index (κ3) is 5.57. The number of carbonyl (C=O) groups is 2. The van der Waals surface area contributed by atoms with Crippen LogP contribution >= 0.6 is 0 Å². The Bertz CT molecular complexity index is 871. The van der Waals surface area contributed by atoms with E-state index in [1.165, 1.54) is 30.0 Å². The number of anilines is 2. The first-order valence-corrected chi connectivity index (χ1v) is 7.96. The molecule has 0 unspecified atom stereocenters. The van der Waals surface area contributed by atoms with Crippen LogP contribution in [0.25, 0.3) is 0 Å². The summed E-state index contributed by atoms with van der Waals surface area (Å²) in [5, 5.41) is 11.4. The molecule has 0 radical (unpaired) electrons. The Hall–Kier alpha value is -3.34. The highest BCUT2D eigenvalue weighted by Crippen LogP contribution is 2.29. The molecule has 1 N–H and O–H groups in total. The van der Waals surface area contributed by atoms with E-state index in [1.807, 2.05) is 6.07 Å². The Morgan fingerprint density at radius 2 is 1.81 bits per heavy atom. The fourth-order valence-electron chi connectivity index (χ4n) is 2.39. The van der Waals surface area contributed by atoms with E-state index in [9.17, 15) is 22.8 Å². The molecule has 0 saturated heterocycles. The summed E-state index contributed by atoms with van der Waals surface area (Å²) in [5.74, 6) is -0.745. The van der Waals surface area contributed by atoms with Gasteiger partial charge >= 0.3 is 6.18 Å². The molecule has 0 spiro atoms. The second-order valence-corrected chi connectivity index (χ2v) is 5.71. The lowest BCUT2D eigenvalue weighted by Crippen LogP contribution is -2.32. The monoisotopic (exact) mass is 375 g/mol. The molecular weight excluding hydrogens is 359 g/mol. The lowest BCUT2D eigenvalue weighted by molar-refractivity contribution is -0.137. The van der Waals surface area contributed by atoms with Gasteiger partial charge in [0, 0.05) is 31.3 Å². The number of hydrogen-bond acceptors (Lipinski definition) is 3. The quantitative estimate of drug-likeness (QED) is 0.860. The van der Waals surface area contributed by atoms with Crippen LogP contribution < -0.4 is 10.2 Å². The Kier molecular flexibility index (Phi) is 6.19. The first-order valence-electron chi connectivity index (χ1n) is 7.96. The van der Waals surface area contributed by atoms with Gasteiger partial charge in [-0.1, -0.05) is 6.07 Å². The number of rotatable bonds is 5. The van der Waals surface area contributed by atoms with E-state index in [0.717, 1.165) is 12.1 Å². The Morgan fingerprint density at radius 3 is 2.37 bits per heavy atom. The van der Waals surface area contributed by atoms with E-state index in [1.54, 1.807) is 18.2 Å². The maximum Gasteiger partial charge on any atom is 0.416 e. The van der Waals surface area contributed by atoms with Gasteiger partial charge in [0.15, 0.2) is 0 Å². The van der Waals surface area contributed by atoms with Crippen molar-refractivity contribution in [2.75, 3.05) is 16.8 Å². The molecule has 5 nitrogen and oxygen atoms in total. The van der Waals surface area contributed by atoms with Crippen molar-refractivity contribution >= 4 is 23.2 Å². The number of nitriles is 1. The van der Waals surface area contributed by atoms with Crippen molar-refractivity contribution in [3.8, 4) is 6.07 Å². The number of amides is 2. The van der Waals surface area contributed by atoms with Gasteiger partial charge in [0.1, 0.15) is 0 Å². The highest BCUT2D eigenvalue weighted by atomic mass is 19.4. The van der Waals surface area contributed by atoms with E-state index < -0.39 is 17.6 Å². The summed E-state index contributed by atoms with van der Waals surface area (Å²) in [6, 6.07) is 12.5. The average Bonchev–Trinajstić information content (AvgIpc) is 2.61. The molecule has 0 heterocycles. The minimum Gasteiger partial charge on any atom is -0.326 e. The summed E-state index contributed by atoms with van der Waals surface area (Å²) >= 11 is 0. The predicted octanol–water partition coefficient (Wildman–Crippen LogP) is 3.96. The van der Waals surface area contributed by atoms with Gasteiger partial charge in [-0.2, -0.15) is 18.4 Å². The molecule has 2 aromatic rings. The number of halogens is 3.